The number of aromatic nitrogens is 2. The van der Waals surface area contributed by atoms with E-state index in [1.807, 2.05) is 6.92 Å². The molecule has 0 aliphatic rings. The van der Waals surface area contributed by atoms with Crippen LogP contribution < -0.4 is 4.74 Å². The minimum Gasteiger partial charge on any atom is -0.481 e. The second-order valence-electron chi connectivity index (χ2n) is 4.27. The van der Waals surface area contributed by atoms with Gasteiger partial charge in [0.2, 0.25) is 11.6 Å². The number of nitrogens with zero attached hydrogens (tertiary/aromatic N) is 2. The van der Waals surface area contributed by atoms with Crippen molar-refractivity contribution in [3.63, 3.8) is 0 Å². The van der Waals surface area contributed by atoms with Crippen LogP contribution in [-0.4, -0.2) is 9.78 Å². The molecule has 2 aromatic rings. The van der Waals surface area contributed by atoms with E-state index in [4.69, 9.17) is 4.74 Å². The number of halogens is 5. The van der Waals surface area contributed by atoms with Gasteiger partial charge in [0.05, 0.1) is 15.9 Å². The molecule has 8 heteroatoms. The van der Waals surface area contributed by atoms with Crippen molar-refractivity contribution < 1.29 is 22.3 Å². The van der Waals surface area contributed by atoms with E-state index in [1.54, 1.807) is 7.05 Å². The van der Waals surface area contributed by atoms with Gasteiger partial charge in [0.1, 0.15) is 6.61 Å². The molecule has 1 heterocycles. The normalized spacial score (nSPS) is 11.0. The Bertz CT molecular complexity index is 661. The Morgan fingerprint density at radius 1 is 1.19 bits per heavy atom. The zero-order chi connectivity index (χ0) is 15.7. The quantitative estimate of drug-likeness (QED) is 0.606. The number of hydrogen-bond acceptors (Lipinski definition) is 2. The standard InChI is InChI=1S/C13H11BrF4N2O/c1-3-8-10(14)9(20(2)19-8)5-21-13-11(17)6(15)4-7(16)12(13)18/h4H,3,5H2,1-2H3. The predicted octanol–water partition coefficient (Wildman–Crippen LogP) is 3.88. The summed E-state index contributed by atoms with van der Waals surface area (Å²) in [6.07, 6.45) is 0.645. The second-order valence-corrected chi connectivity index (χ2v) is 5.06. The zero-order valence-corrected chi connectivity index (χ0v) is 12.8. The third kappa shape index (κ3) is 2.90. The molecule has 0 amide bonds. The van der Waals surface area contributed by atoms with Crippen molar-refractivity contribution in [1.29, 1.82) is 0 Å². The average Bonchev–Trinajstić information content (AvgIpc) is 2.72. The minimum atomic E-state index is -1.57. The van der Waals surface area contributed by atoms with E-state index in [2.05, 4.69) is 21.0 Å². The van der Waals surface area contributed by atoms with Crippen molar-refractivity contribution >= 4 is 15.9 Å². The fourth-order valence-electron chi connectivity index (χ4n) is 1.80. The van der Waals surface area contributed by atoms with Crippen LogP contribution in [0.1, 0.15) is 18.3 Å². The zero-order valence-electron chi connectivity index (χ0n) is 11.2. The van der Waals surface area contributed by atoms with Gasteiger partial charge in [-0.15, -0.1) is 0 Å². The molecule has 0 atom stereocenters. The third-order valence-electron chi connectivity index (χ3n) is 2.93. The van der Waals surface area contributed by atoms with Crippen molar-refractivity contribution in [1.82, 2.24) is 9.78 Å². The molecule has 114 valence electrons. The highest BCUT2D eigenvalue weighted by atomic mass is 79.9. The van der Waals surface area contributed by atoms with Gasteiger partial charge in [0.25, 0.3) is 0 Å². The summed E-state index contributed by atoms with van der Waals surface area (Å²) in [7, 11) is 1.63. The maximum atomic E-state index is 13.5. The summed E-state index contributed by atoms with van der Waals surface area (Å²) in [6, 6.07) is 0.132. The van der Waals surface area contributed by atoms with E-state index in [-0.39, 0.29) is 12.7 Å². The van der Waals surface area contributed by atoms with E-state index in [0.717, 1.165) is 5.69 Å². The largest absolute Gasteiger partial charge is 0.481 e. The molecule has 0 spiro atoms. The molecule has 0 radical (unpaired) electrons. The number of benzene rings is 1. The van der Waals surface area contributed by atoms with Crippen LogP contribution in [0.25, 0.3) is 0 Å². The molecule has 0 unspecified atom stereocenters. The average molecular weight is 367 g/mol. The van der Waals surface area contributed by atoms with Gasteiger partial charge < -0.3 is 4.74 Å². The van der Waals surface area contributed by atoms with E-state index in [0.29, 0.717) is 16.6 Å². The van der Waals surface area contributed by atoms with Gasteiger partial charge >= 0.3 is 0 Å². The van der Waals surface area contributed by atoms with Crippen molar-refractivity contribution in [3.8, 4) is 5.75 Å². The van der Waals surface area contributed by atoms with Crippen molar-refractivity contribution in [3.05, 3.63) is 45.2 Å². The maximum Gasteiger partial charge on any atom is 0.203 e. The lowest BCUT2D eigenvalue weighted by Crippen LogP contribution is -2.07. The van der Waals surface area contributed by atoms with Crippen LogP contribution in [0.5, 0.6) is 5.75 Å². The number of aryl methyl sites for hydroxylation is 2. The van der Waals surface area contributed by atoms with Crippen LogP contribution >= 0.6 is 15.9 Å². The smallest absolute Gasteiger partial charge is 0.203 e. The van der Waals surface area contributed by atoms with E-state index in [1.165, 1.54) is 4.68 Å². The van der Waals surface area contributed by atoms with Gasteiger partial charge in [0.15, 0.2) is 17.4 Å². The molecule has 1 aromatic carbocycles. The molecule has 0 saturated heterocycles. The SMILES string of the molecule is CCc1nn(C)c(COc2c(F)c(F)cc(F)c2F)c1Br. The van der Waals surface area contributed by atoms with Crippen LogP contribution in [0.3, 0.4) is 0 Å². The summed E-state index contributed by atoms with van der Waals surface area (Å²) in [6.45, 7) is 1.60. The molecular formula is C13H11BrF4N2O. The Morgan fingerprint density at radius 3 is 2.24 bits per heavy atom. The summed E-state index contributed by atoms with van der Waals surface area (Å²) in [4.78, 5) is 0. The topological polar surface area (TPSA) is 27.1 Å². The minimum absolute atomic E-state index is 0.132. The second kappa shape index (κ2) is 6.05. The molecule has 0 aliphatic heterocycles. The van der Waals surface area contributed by atoms with E-state index < -0.39 is 29.0 Å². The lowest BCUT2D eigenvalue weighted by molar-refractivity contribution is 0.253. The summed E-state index contributed by atoms with van der Waals surface area (Å²) in [5.41, 5.74) is 1.23. The van der Waals surface area contributed by atoms with Gasteiger partial charge in [-0.05, 0) is 22.4 Å². The van der Waals surface area contributed by atoms with Gasteiger partial charge in [-0.2, -0.15) is 13.9 Å². The van der Waals surface area contributed by atoms with Crippen molar-refractivity contribution in [2.24, 2.45) is 7.05 Å². The van der Waals surface area contributed by atoms with Crippen molar-refractivity contribution in [2.75, 3.05) is 0 Å². The molecule has 0 aliphatic carbocycles. The van der Waals surface area contributed by atoms with Crippen LogP contribution in [0.15, 0.2) is 10.5 Å². The van der Waals surface area contributed by atoms with E-state index in [9.17, 15) is 17.6 Å². The van der Waals surface area contributed by atoms with Crippen molar-refractivity contribution in [2.45, 2.75) is 20.0 Å². The molecule has 0 bridgehead atoms. The first kappa shape index (κ1) is 15.8. The van der Waals surface area contributed by atoms with Crippen LogP contribution in [-0.2, 0) is 20.1 Å². The maximum absolute atomic E-state index is 13.5. The van der Waals surface area contributed by atoms with Crippen LogP contribution in [0, 0.1) is 23.3 Å². The lowest BCUT2D eigenvalue weighted by Gasteiger charge is -2.10. The number of rotatable bonds is 4. The van der Waals surface area contributed by atoms with Gasteiger partial charge in [-0.25, -0.2) is 8.78 Å². The van der Waals surface area contributed by atoms with Gasteiger partial charge in [-0.3, -0.25) is 4.68 Å². The molecule has 2 rings (SSSR count). The van der Waals surface area contributed by atoms with E-state index >= 15 is 0 Å². The molecular weight excluding hydrogens is 356 g/mol. The molecule has 0 fully saturated rings. The molecule has 21 heavy (non-hydrogen) atoms. The number of ether oxygens (including phenoxy) is 1. The first-order valence-electron chi connectivity index (χ1n) is 6.02. The fraction of sp³-hybridized carbons (Fsp3) is 0.308. The molecule has 1 aromatic heterocycles. The fourth-order valence-corrected chi connectivity index (χ4v) is 2.53. The molecule has 0 saturated carbocycles. The highest BCUT2D eigenvalue weighted by Crippen LogP contribution is 2.29. The lowest BCUT2D eigenvalue weighted by atomic mass is 10.3. The Labute approximate surface area is 126 Å². The predicted molar refractivity (Wildman–Crippen MR) is 70.9 cm³/mol. The summed E-state index contributed by atoms with van der Waals surface area (Å²) < 4.78 is 60.1. The Morgan fingerprint density at radius 2 is 1.76 bits per heavy atom. The van der Waals surface area contributed by atoms with Gasteiger partial charge in [-0.1, -0.05) is 6.92 Å². The van der Waals surface area contributed by atoms with Gasteiger partial charge in [0, 0.05) is 13.1 Å². The van der Waals surface area contributed by atoms with Crippen LogP contribution in [0.2, 0.25) is 0 Å². The van der Waals surface area contributed by atoms with Crippen LogP contribution in [0.4, 0.5) is 17.6 Å². The summed E-state index contributed by atoms with van der Waals surface area (Å²) in [5, 5.41) is 4.18. The Hall–Kier alpha value is -1.57. The molecule has 3 nitrogen and oxygen atoms in total. The first-order chi connectivity index (χ1) is 9.86. The summed E-state index contributed by atoms with van der Waals surface area (Å²) >= 11 is 3.30. The highest BCUT2D eigenvalue weighted by molar-refractivity contribution is 9.10. The Balaban J connectivity index is 2.31. The summed E-state index contributed by atoms with van der Waals surface area (Å²) in [5.74, 6) is -7.24. The first-order valence-corrected chi connectivity index (χ1v) is 6.82. The number of hydrogen-bond donors (Lipinski definition) is 0. The Kier molecular flexibility index (Phi) is 4.55. The highest BCUT2D eigenvalue weighted by Gasteiger charge is 2.22. The monoisotopic (exact) mass is 366 g/mol. The third-order valence-corrected chi connectivity index (χ3v) is 3.84. The molecule has 0 N–H and O–H groups in total.